The molecule has 2 atom stereocenters. The second kappa shape index (κ2) is 7.61. The van der Waals surface area contributed by atoms with Gasteiger partial charge >= 0.3 is 0 Å². The molecule has 0 radical (unpaired) electrons. The molecule has 5 rings (SSSR count). The van der Waals surface area contributed by atoms with Gasteiger partial charge in [0.1, 0.15) is 11.9 Å². The zero-order chi connectivity index (χ0) is 20.7. The normalized spacial score (nSPS) is 20.6. The molecular formula is C24H25N3O3. The summed E-state index contributed by atoms with van der Waals surface area (Å²) in [6, 6.07) is 14.0. The van der Waals surface area contributed by atoms with Crippen molar-refractivity contribution in [1.29, 1.82) is 0 Å². The SMILES string of the molecule is Cn1cc(-c2ccc(CN3Cc4cccc(O[C@@H]5CCC[C@H]5O)c4C3=O)cc2)cn1. The Morgan fingerprint density at radius 1 is 1.13 bits per heavy atom. The first-order valence-electron chi connectivity index (χ1n) is 10.4. The molecule has 0 unspecified atom stereocenters. The van der Waals surface area contributed by atoms with Crippen LogP contribution in [0.25, 0.3) is 11.1 Å². The summed E-state index contributed by atoms with van der Waals surface area (Å²) in [4.78, 5) is 15.0. The minimum absolute atomic E-state index is 0.00979. The molecule has 0 saturated heterocycles. The predicted molar refractivity (Wildman–Crippen MR) is 113 cm³/mol. The number of hydrogen-bond donors (Lipinski definition) is 1. The Morgan fingerprint density at radius 2 is 1.97 bits per heavy atom. The second-order valence-electron chi connectivity index (χ2n) is 8.21. The van der Waals surface area contributed by atoms with E-state index in [9.17, 15) is 9.90 Å². The minimum atomic E-state index is -0.452. The summed E-state index contributed by atoms with van der Waals surface area (Å²) >= 11 is 0. The first-order valence-corrected chi connectivity index (χ1v) is 10.4. The number of benzene rings is 2. The van der Waals surface area contributed by atoms with Gasteiger partial charge in [-0.2, -0.15) is 5.10 Å². The Kier molecular flexibility index (Phi) is 4.79. The number of aliphatic hydroxyl groups excluding tert-OH is 1. The summed E-state index contributed by atoms with van der Waals surface area (Å²) in [5, 5.41) is 14.3. The van der Waals surface area contributed by atoms with Crippen LogP contribution in [0.3, 0.4) is 0 Å². The monoisotopic (exact) mass is 403 g/mol. The van der Waals surface area contributed by atoms with Crippen molar-refractivity contribution in [2.45, 2.75) is 44.6 Å². The van der Waals surface area contributed by atoms with E-state index in [2.05, 4.69) is 29.4 Å². The maximum Gasteiger partial charge on any atom is 0.258 e. The fourth-order valence-corrected chi connectivity index (χ4v) is 4.41. The average molecular weight is 403 g/mol. The Bertz CT molecular complexity index is 1070. The van der Waals surface area contributed by atoms with Gasteiger partial charge in [0.15, 0.2) is 0 Å². The summed E-state index contributed by atoms with van der Waals surface area (Å²) in [6.45, 7) is 1.12. The molecule has 1 aliphatic heterocycles. The van der Waals surface area contributed by atoms with E-state index in [1.54, 1.807) is 4.68 Å². The molecule has 1 aromatic heterocycles. The Labute approximate surface area is 175 Å². The van der Waals surface area contributed by atoms with E-state index in [-0.39, 0.29) is 12.0 Å². The van der Waals surface area contributed by atoms with E-state index in [4.69, 9.17) is 4.74 Å². The van der Waals surface area contributed by atoms with Gasteiger partial charge in [-0.3, -0.25) is 9.48 Å². The fourth-order valence-electron chi connectivity index (χ4n) is 4.41. The third-order valence-corrected chi connectivity index (χ3v) is 6.04. The van der Waals surface area contributed by atoms with E-state index in [0.29, 0.717) is 24.4 Å². The van der Waals surface area contributed by atoms with Gasteiger partial charge in [0.25, 0.3) is 5.91 Å². The topological polar surface area (TPSA) is 67.6 Å². The van der Waals surface area contributed by atoms with Crippen LogP contribution in [0.1, 0.15) is 40.7 Å². The third kappa shape index (κ3) is 3.48. The molecule has 2 heterocycles. The van der Waals surface area contributed by atoms with Gasteiger partial charge < -0.3 is 14.7 Å². The minimum Gasteiger partial charge on any atom is -0.487 e. The molecule has 2 aromatic carbocycles. The highest BCUT2D eigenvalue weighted by molar-refractivity contribution is 6.01. The van der Waals surface area contributed by atoms with Gasteiger partial charge in [-0.25, -0.2) is 0 Å². The second-order valence-corrected chi connectivity index (χ2v) is 8.21. The molecular weight excluding hydrogens is 378 g/mol. The van der Waals surface area contributed by atoms with Crippen LogP contribution in [0.5, 0.6) is 5.75 Å². The summed E-state index contributed by atoms with van der Waals surface area (Å²) in [6.07, 6.45) is 5.69. The lowest BCUT2D eigenvalue weighted by atomic mass is 10.1. The molecule has 2 aliphatic rings. The number of carbonyl (C=O) groups is 1. The van der Waals surface area contributed by atoms with Crippen molar-refractivity contribution >= 4 is 5.91 Å². The number of rotatable bonds is 5. The van der Waals surface area contributed by atoms with Crippen LogP contribution in [0.4, 0.5) is 0 Å². The maximum absolute atomic E-state index is 13.1. The van der Waals surface area contributed by atoms with Crippen molar-refractivity contribution in [3.05, 3.63) is 71.5 Å². The number of aromatic nitrogens is 2. The smallest absolute Gasteiger partial charge is 0.258 e. The largest absolute Gasteiger partial charge is 0.487 e. The molecule has 1 fully saturated rings. The molecule has 6 nitrogen and oxygen atoms in total. The van der Waals surface area contributed by atoms with E-state index < -0.39 is 6.10 Å². The zero-order valence-electron chi connectivity index (χ0n) is 17.0. The highest BCUT2D eigenvalue weighted by Crippen LogP contribution is 2.34. The Balaban J connectivity index is 1.31. The summed E-state index contributed by atoms with van der Waals surface area (Å²) in [5.41, 5.74) is 4.89. The van der Waals surface area contributed by atoms with Gasteiger partial charge in [-0.15, -0.1) is 0 Å². The number of carbonyl (C=O) groups excluding carboxylic acids is 1. The van der Waals surface area contributed by atoms with Crippen molar-refractivity contribution < 1.29 is 14.6 Å². The van der Waals surface area contributed by atoms with Crippen molar-refractivity contribution in [1.82, 2.24) is 14.7 Å². The van der Waals surface area contributed by atoms with Gasteiger partial charge in [0.2, 0.25) is 0 Å². The van der Waals surface area contributed by atoms with Crippen molar-refractivity contribution in [3.63, 3.8) is 0 Å². The van der Waals surface area contributed by atoms with Crippen molar-refractivity contribution in [2.75, 3.05) is 0 Å². The summed E-state index contributed by atoms with van der Waals surface area (Å²) in [7, 11) is 1.90. The number of ether oxygens (including phenoxy) is 1. The average Bonchev–Trinajstić information content (AvgIpc) is 3.44. The van der Waals surface area contributed by atoms with Crippen LogP contribution in [-0.2, 0) is 20.1 Å². The quantitative estimate of drug-likeness (QED) is 0.708. The molecule has 30 heavy (non-hydrogen) atoms. The van der Waals surface area contributed by atoms with E-state index in [1.165, 1.54) is 0 Å². The van der Waals surface area contributed by atoms with Crippen LogP contribution < -0.4 is 4.74 Å². The molecule has 1 saturated carbocycles. The number of hydrogen-bond acceptors (Lipinski definition) is 4. The lowest BCUT2D eigenvalue weighted by Gasteiger charge is -2.19. The van der Waals surface area contributed by atoms with Crippen LogP contribution >= 0.6 is 0 Å². The summed E-state index contributed by atoms with van der Waals surface area (Å²) < 4.78 is 7.85. The molecule has 1 aliphatic carbocycles. The van der Waals surface area contributed by atoms with Gasteiger partial charge in [0.05, 0.1) is 17.9 Å². The Hall–Kier alpha value is -3.12. The highest BCUT2D eigenvalue weighted by atomic mass is 16.5. The Morgan fingerprint density at radius 3 is 2.67 bits per heavy atom. The third-order valence-electron chi connectivity index (χ3n) is 6.04. The fraction of sp³-hybridized carbons (Fsp3) is 0.333. The van der Waals surface area contributed by atoms with Crippen LogP contribution in [0, 0.1) is 0 Å². The number of fused-ring (bicyclic) bond motifs is 1. The summed E-state index contributed by atoms with van der Waals surface area (Å²) in [5.74, 6) is 0.585. The van der Waals surface area contributed by atoms with E-state index in [0.717, 1.165) is 41.5 Å². The van der Waals surface area contributed by atoms with Crippen molar-refractivity contribution in [3.8, 4) is 16.9 Å². The van der Waals surface area contributed by atoms with Crippen LogP contribution in [-0.4, -0.2) is 37.9 Å². The molecule has 3 aromatic rings. The van der Waals surface area contributed by atoms with Crippen molar-refractivity contribution in [2.24, 2.45) is 7.05 Å². The van der Waals surface area contributed by atoms with Gasteiger partial charge in [0, 0.05) is 31.9 Å². The van der Waals surface area contributed by atoms with E-state index in [1.807, 2.05) is 42.5 Å². The molecule has 1 amide bonds. The standard InChI is InChI=1S/C24H25N3O3/c1-26-14-19(12-25-26)17-10-8-16(9-11-17)13-27-15-18-4-2-7-22(23(18)24(27)29)30-21-6-3-5-20(21)28/h2,4,7-12,14,20-21,28H,3,5-6,13,15H2,1H3/t20-,21-/m1/s1. The van der Waals surface area contributed by atoms with Gasteiger partial charge in [-0.1, -0.05) is 36.4 Å². The zero-order valence-corrected chi connectivity index (χ0v) is 17.0. The molecule has 1 N–H and O–H groups in total. The molecule has 0 spiro atoms. The lowest BCUT2D eigenvalue weighted by Crippen LogP contribution is -2.27. The van der Waals surface area contributed by atoms with Gasteiger partial charge in [-0.05, 0) is 42.0 Å². The van der Waals surface area contributed by atoms with Crippen LogP contribution in [0.2, 0.25) is 0 Å². The predicted octanol–water partition coefficient (Wildman–Crippen LogP) is 3.54. The number of nitrogens with zero attached hydrogens (tertiary/aromatic N) is 3. The molecule has 6 heteroatoms. The lowest BCUT2D eigenvalue weighted by molar-refractivity contribution is 0.0582. The first-order chi connectivity index (χ1) is 14.6. The number of amides is 1. The van der Waals surface area contributed by atoms with Crippen LogP contribution in [0.15, 0.2) is 54.9 Å². The maximum atomic E-state index is 13.1. The number of aliphatic hydroxyl groups is 1. The highest BCUT2D eigenvalue weighted by Gasteiger charge is 2.33. The van der Waals surface area contributed by atoms with E-state index >= 15 is 0 Å². The first kappa shape index (κ1) is 18.9. The number of aryl methyl sites for hydroxylation is 1. The molecule has 0 bridgehead atoms. The molecule has 154 valence electrons.